The molecule has 2 amide bonds. The Labute approximate surface area is 164 Å². The summed E-state index contributed by atoms with van der Waals surface area (Å²) in [5, 5.41) is 6.10. The molecule has 0 radical (unpaired) electrons. The van der Waals surface area contributed by atoms with Gasteiger partial charge in [-0.3, -0.25) is 9.59 Å². The van der Waals surface area contributed by atoms with E-state index in [0.717, 1.165) is 4.47 Å². The van der Waals surface area contributed by atoms with Crippen LogP contribution in [0.2, 0.25) is 5.02 Å². The summed E-state index contributed by atoms with van der Waals surface area (Å²) in [6.07, 6.45) is 0. The molecular formula is C20H14BrClN2O2. The zero-order valence-electron chi connectivity index (χ0n) is 13.5. The Hall–Kier alpha value is -2.63. The minimum atomic E-state index is -0.274. The van der Waals surface area contributed by atoms with E-state index < -0.39 is 0 Å². The van der Waals surface area contributed by atoms with Crippen molar-refractivity contribution < 1.29 is 9.59 Å². The van der Waals surface area contributed by atoms with Crippen LogP contribution in [0.3, 0.4) is 0 Å². The van der Waals surface area contributed by atoms with E-state index in [1.807, 2.05) is 0 Å². The fraction of sp³-hybridized carbons (Fsp3) is 0. The lowest BCUT2D eigenvalue weighted by Crippen LogP contribution is -2.14. The maximum Gasteiger partial charge on any atom is 0.255 e. The van der Waals surface area contributed by atoms with Gasteiger partial charge in [-0.15, -0.1) is 0 Å². The van der Waals surface area contributed by atoms with Crippen LogP contribution in [0.25, 0.3) is 0 Å². The van der Waals surface area contributed by atoms with E-state index in [0.29, 0.717) is 27.5 Å². The monoisotopic (exact) mass is 428 g/mol. The van der Waals surface area contributed by atoms with E-state index >= 15 is 0 Å². The average Bonchev–Trinajstić information content (AvgIpc) is 2.62. The van der Waals surface area contributed by atoms with Crippen molar-refractivity contribution in [2.75, 3.05) is 10.6 Å². The molecular weight excluding hydrogens is 416 g/mol. The third-order valence-electron chi connectivity index (χ3n) is 3.57. The number of hydrogen-bond acceptors (Lipinski definition) is 2. The molecule has 0 aliphatic heterocycles. The van der Waals surface area contributed by atoms with Gasteiger partial charge in [-0.05, 0) is 60.7 Å². The van der Waals surface area contributed by atoms with Gasteiger partial charge in [-0.2, -0.15) is 0 Å². The molecule has 0 aromatic heterocycles. The molecule has 0 atom stereocenters. The Morgan fingerprint density at radius 2 is 1.31 bits per heavy atom. The second kappa shape index (κ2) is 8.17. The SMILES string of the molecule is O=C(Nc1cccc(NC(=O)c2cccc(Cl)c2)c1)c1ccc(Br)cc1. The van der Waals surface area contributed by atoms with Crippen LogP contribution >= 0.6 is 27.5 Å². The third kappa shape index (κ3) is 4.71. The first-order chi connectivity index (χ1) is 12.5. The van der Waals surface area contributed by atoms with E-state index in [4.69, 9.17) is 11.6 Å². The summed E-state index contributed by atoms with van der Waals surface area (Å²) in [5.74, 6) is -0.500. The largest absolute Gasteiger partial charge is 0.322 e. The first-order valence-electron chi connectivity index (χ1n) is 7.75. The van der Waals surface area contributed by atoms with Gasteiger partial charge in [0.1, 0.15) is 0 Å². The predicted octanol–water partition coefficient (Wildman–Crippen LogP) is 5.61. The number of carbonyl (C=O) groups excluding carboxylic acids is 2. The highest BCUT2D eigenvalue weighted by molar-refractivity contribution is 9.10. The van der Waals surface area contributed by atoms with E-state index in [2.05, 4.69) is 26.6 Å². The van der Waals surface area contributed by atoms with E-state index in [1.54, 1.807) is 72.8 Å². The molecule has 6 heteroatoms. The lowest BCUT2D eigenvalue weighted by atomic mass is 10.2. The van der Waals surface area contributed by atoms with Crippen molar-refractivity contribution in [2.24, 2.45) is 0 Å². The number of halogens is 2. The summed E-state index contributed by atoms with van der Waals surface area (Å²) in [5.41, 5.74) is 2.16. The van der Waals surface area contributed by atoms with Crippen molar-refractivity contribution in [1.29, 1.82) is 0 Å². The quantitative estimate of drug-likeness (QED) is 0.566. The predicted molar refractivity (Wildman–Crippen MR) is 108 cm³/mol. The van der Waals surface area contributed by atoms with Gasteiger partial charge in [0.25, 0.3) is 11.8 Å². The first kappa shape index (κ1) is 18.2. The minimum Gasteiger partial charge on any atom is -0.322 e. The van der Waals surface area contributed by atoms with Gasteiger partial charge in [0.05, 0.1) is 0 Å². The lowest BCUT2D eigenvalue weighted by molar-refractivity contribution is 0.101. The molecule has 0 bridgehead atoms. The molecule has 0 aliphatic rings. The van der Waals surface area contributed by atoms with Crippen LogP contribution in [0.15, 0.2) is 77.3 Å². The van der Waals surface area contributed by atoms with Crippen LogP contribution < -0.4 is 10.6 Å². The van der Waals surface area contributed by atoms with Crippen LogP contribution in [-0.2, 0) is 0 Å². The maximum absolute atomic E-state index is 12.3. The second-order valence-corrected chi connectivity index (χ2v) is 6.86. The second-order valence-electron chi connectivity index (χ2n) is 5.51. The summed E-state index contributed by atoms with van der Waals surface area (Å²) in [6.45, 7) is 0. The zero-order valence-corrected chi connectivity index (χ0v) is 15.8. The number of hydrogen-bond donors (Lipinski definition) is 2. The molecule has 0 saturated heterocycles. The molecule has 3 rings (SSSR count). The highest BCUT2D eigenvalue weighted by Gasteiger charge is 2.09. The molecule has 0 unspecified atom stereocenters. The number of rotatable bonds is 4. The van der Waals surface area contributed by atoms with Crippen molar-refractivity contribution in [3.05, 3.63) is 93.4 Å². The van der Waals surface area contributed by atoms with E-state index in [-0.39, 0.29) is 11.8 Å². The van der Waals surface area contributed by atoms with Gasteiger partial charge < -0.3 is 10.6 Å². The molecule has 0 spiro atoms. The highest BCUT2D eigenvalue weighted by Crippen LogP contribution is 2.19. The van der Waals surface area contributed by atoms with Crippen LogP contribution in [0.1, 0.15) is 20.7 Å². The summed E-state index contributed by atoms with van der Waals surface area (Å²) in [4.78, 5) is 24.6. The Kier molecular flexibility index (Phi) is 5.71. The van der Waals surface area contributed by atoms with Crippen molar-refractivity contribution in [3.8, 4) is 0 Å². The average molecular weight is 430 g/mol. The standard InChI is InChI=1S/C20H14BrClN2O2/c21-15-9-7-13(8-10-15)19(25)23-17-5-2-6-18(12-17)24-20(26)14-3-1-4-16(22)11-14/h1-12H,(H,23,25)(H,24,26). The summed E-state index contributed by atoms with van der Waals surface area (Å²) >= 11 is 9.25. The third-order valence-corrected chi connectivity index (χ3v) is 4.34. The van der Waals surface area contributed by atoms with Crippen molar-refractivity contribution in [2.45, 2.75) is 0 Å². The number of carbonyl (C=O) groups is 2. The Morgan fingerprint density at radius 1 is 0.731 bits per heavy atom. The molecule has 130 valence electrons. The van der Waals surface area contributed by atoms with Gasteiger partial charge >= 0.3 is 0 Å². The molecule has 0 saturated carbocycles. The summed E-state index contributed by atoms with van der Waals surface area (Å²) in [7, 11) is 0. The Morgan fingerprint density at radius 3 is 1.92 bits per heavy atom. The van der Waals surface area contributed by atoms with Gasteiger partial charge in [0.15, 0.2) is 0 Å². The molecule has 3 aromatic rings. The smallest absolute Gasteiger partial charge is 0.255 e. The number of anilines is 2. The van der Waals surface area contributed by atoms with Crippen molar-refractivity contribution in [3.63, 3.8) is 0 Å². The Balaban J connectivity index is 1.71. The van der Waals surface area contributed by atoms with Gasteiger partial charge in [0.2, 0.25) is 0 Å². The number of nitrogens with one attached hydrogen (secondary N) is 2. The van der Waals surface area contributed by atoms with Gasteiger partial charge in [-0.1, -0.05) is 39.7 Å². The minimum absolute atomic E-state index is 0.226. The first-order valence-corrected chi connectivity index (χ1v) is 8.92. The molecule has 26 heavy (non-hydrogen) atoms. The van der Waals surface area contributed by atoms with Crippen LogP contribution in [0.4, 0.5) is 11.4 Å². The molecule has 4 nitrogen and oxygen atoms in total. The number of amides is 2. The van der Waals surface area contributed by atoms with Crippen molar-refractivity contribution in [1.82, 2.24) is 0 Å². The maximum atomic E-state index is 12.3. The molecule has 0 aliphatic carbocycles. The highest BCUT2D eigenvalue weighted by atomic mass is 79.9. The topological polar surface area (TPSA) is 58.2 Å². The summed E-state index contributed by atoms with van der Waals surface area (Å²) in [6, 6.07) is 20.7. The molecule has 0 fully saturated rings. The lowest BCUT2D eigenvalue weighted by Gasteiger charge is -2.09. The Bertz CT molecular complexity index is 958. The van der Waals surface area contributed by atoms with E-state index in [9.17, 15) is 9.59 Å². The van der Waals surface area contributed by atoms with Crippen LogP contribution in [0.5, 0.6) is 0 Å². The van der Waals surface area contributed by atoms with Gasteiger partial charge in [-0.25, -0.2) is 0 Å². The molecule has 3 aromatic carbocycles. The molecule has 2 N–H and O–H groups in total. The normalized spacial score (nSPS) is 10.2. The number of benzene rings is 3. The molecule has 0 heterocycles. The van der Waals surface area contributed by atoms with Crippen LogP contribution in [-0.4, -0.2) is 11.8 Å². The van der Waals surface area contributed by atoms with Crippen molar-refractivity contribution >= 4 is 50.7 Å². The van der Waals surface area contributed by atoms with E-state index in [1.165, 1.54) is 0 Å². The zero-order chi connectivity index (χ0) is 18.5. The van der Waals surface area contributed by atoms with Crippen LogP contribution in [0, 0.1) is 0 Å². The van der Waals surface area contributed by atoms with Gasteiger partial charge in [0, 0.05) is 32.0 Å². The fourth-order valence-corrected chi connectivity index (χ4v) is 2.77. The summed E-state index contributed by atoms with van der Waals surface area (Å²) < 4.78 is 0.903. The fourth-order valence-electron chi connectivity index (χ4n) is 2.31.